The number of thioether (sulfide) groups is 1. The number of benzene rings is 1. The number of aromatic nitrogens is 3. The van der Waals surface area contributed by atoms with Gasteiger partial charge in [0.25, 0.3) is 0 Å². The number of nitrogens with two attached hydrogens (primary N) is 1. The van der Waals surface area contributed by atoms with E-state index in [1.165, 1.54) is 11.8 Å². The lowest BCUT2D eigenvalue weighted by atomic mass is 10.1. The SMILES string of the molecule is Cc1nc(SCc2ccc(C(=N)N)cc2Cl)n[nH]1. The molecule has 0 aliphatic carbocycles. The van der Waals surface area contributed by atoms with Crippen LogP contribution in [-0.2, 0) is 5.75 Å². The fourth-order valence-corrected chi connectivity index (χ4v) is 2.54. The molecule has 1 heterocycles. The number of nitrogens with zero attached hydrogens (tertiary/aromatic N) is 2. The molecule has 0 radical (unpaired) electrons. The lowest BCUT2D eigenvalue weighted by Gasteiger charge is -2.04. The van der Waals surface area contributed by atoms with E-state index in [2.05, 4.69) is 15.2 Å². The van der Waals surface area contributed by atoms with Crippen molar-refractivity contribution in [2.45, 2.75) is 17.8 Å². The molecule has 7 heteroatoms. The zero-order valence-corrected chi connectivity index (χ0v) is 11.3. The largest absolute Gasteiger partial charge is 0.384 e. The number of amidine groups is 1. The maximum atomic E-state index is 7.33. The van der Waals surface area contributed by atoms with Gasteiger partial charge in [-0.2, -0.15) is 0 Å². The number of aryl methyl sites for hydroxylation is 1. The Morgan fingerprint density at radius 2 is 2.33 bits per heavy atom. The summed E-state index contributed by atoms with van der Waals surface area (Å²) in [7, 11) is 0. The topological polar surface area (TPSA) is 91.4 Å². The van der Waals surface area contributed by atoms with Gasteiger partial charge >= 0.3 is 0 Å². The lowest BCUT2D eigenvalue weighted by molar-refractivity contribution is 0.969. The third-order valence-corrected chi connectivity index (χ3v) is 3.55. The highest BCUT2D eigenvalue weighted by atomic mass is 35.5. The highest BCUT2D eigenvalue weighted by Crippen LogP contribution is 2.25. The molecule has 2 aromatic rings. The number of hydrogen-bond acceptors (Lipinski definition) is 4. The van der Waals surface area contributed by atoms with Gasteiger partial charge in [-0.05, 0) is 18.6 Å². The molecule has 0 saturated carbocycles. The Labute approximate surface area is 114 Å². The maximum absolute atomic E-state index is 7.33. The van der Waals surface area contributed by atoms with Gasteiger partial charge in [0.1, 0.15) is 11.7 Å². The molecule has 0 atom stereocenters. The Hall–Kier alpha value is -1.53. The standard InChI is InChI=1S/C11H12ClN5S/c1-6-15-11(17-16-6)18-5-8-3-2-7(10(13)14)4-9(8)12/h2-4H,5H2,1H3,(H3,13,14)(H,15,16,17). The van der Waals surface area contributed by atoms with E-state index in [1.807, 2.05) is 13.0 Å². The Bertz CT molecular complexity index is 581. The molecule has 0 spiro atoms. The predicted molar refractivity (Wildman–Crippen MR) is 73.1 cm³/mol. The minimum Gasteiger partial charge on any atom is -0.384 e. The first-order valence-electron chi connectivity index (χ1n) is 5.21. The molecule has 4 N–H and O–H groups in total. The predicted octanol–water partition coefficient (Wildman–Crippen LogP) is 2.34. The van der Waals surface area contributed by atoms with Crippen molar-refractivity contribution in [1.82, 2.24) is 15.2 Å². The number of halogens is 1. The zero-order valence-electron chi connectivity index (χ0n) is 9.70. The third kappa shape index (κ3) is 3.02. The first-order chi connectivity index (χ1) is 8.56. The second-order valence-corrected chi connectivity index (χ2v) is 5.06. The normalized spacial score (nSPS) is 10.6. The van der Waals surface area contributed by atoms with Crippen LogP contribution >= 0.6 is 23.4 Å². The molecule has 18 heavy (non-hydrogen) atoms. The summed E-state index contributed by atoms with van der Waals surface area (Å²) in [5, 5.41) is 15.4. The molecule has 1 aromatic carbocycles. The molecule has 5 nitrogen and oxygen atoms in total. The van der Waals surface area contributed by atoms with Crippen LogP contribution in [-0.4, -0.2) is 21.0 Å². The quantitative estimate of drug-likeness (QED) is 0.456. The second kappa shape index (κ2) is 5.41. The van der Waals surface area contributed by atoms with Gasteiger partial charge in [-0.15, -0.1) is 5.10 Å². The minimum absolute atomic E-state index is 0.0145. The average Bonchev–Trinajstić information content (AvgIpc) is 2.73. The Morgan fingerprint density at radius 3 is 2.89 bits per heavy atom. The second-order valence-electron chi connectivity index (χ2n) is 3.71. The van der Waals surface area contributed by atoms with Crippen LogP contribution in [0.15, 0.2) is 23.4 Å². The number of H-pyrrole nitrogens is 1. The molecule has 0 amide bonds. The molecule has 0 aliphatic rings. The van der Waals surface area contributed by atoms with E-state index < -0.39 is 0 Å². The van der Waals surface area contributed by atoms with Crippen molar-refractivity contribution in [3.63, 3.8) is 0 Å². The molecule has 2 rings (SSSR count). The molecule has 0 saturated heterocycles. The van der Waals surface area contributed by atoms with E-state index in [9.17, 15) is 0 Å². The summed E-state index contributed by atoms with van der Waals surface area (Å²) in [6, 6.07) is 5.35. The third-order valence-electron chi connectivity index (χ3n) is 2.30. The maximum Gasteiger partial charge on any atom is 0.208 e. The van der Waals surface area contributed by atoms with Crippen molar-refractivity contribution in [2.24, 2.45) is 5.73 Å². The van der Waals surface area contributed by atoms with E-state index >= 15 is 0 Å². The highest BCUT2D eigenvalue weighted by Gasteiger charge is 2.06. The summed E-state index contributed by atoms with van der Waals surface area (Å²) < 4.78 is 0. The van der Waals surface area contributed by atoms with E-state index in [0.717, 1.165) is 11.4 Å². The number of hydrogen-bond donors (Lipinski definition) is 3. The lowest BCUT2D eigenvalue weighted by Crippen LogP contribution is -2.10. The monoisotopic (exact) mass is 281 g/mol. The van der Waals surface area contributed by atoms with Crippen LogP contribution in [0.25, 0.3) is 0 Å². The molecule has 0 aliphatic heterocycles. The summed E-state index contributed by atoms with van der Waals surface area (Å²) in [5.74, 6) is 1.48. The van der Waals surface area contributed by atoms with Crippen molar-refractivity contribution in [2.75, 3.05) is 0 Å². The van der Waals surface area contributed by atoms with Gasteiger partial charge in [-0.1, -0.05) is 35.5 Å². The van der Waals surface area contributed by atoms with Crippen molar-refractivity contribution in [3.8, 4) is 0 Å². The van der Waals surface area contributed by atoms with Crippen LogP contribution in [0, 0.1) is 12.3 Å². The number of nitrogens with one attached hydrogen (secondary N) is 2. The van der Waals surface area contributed by atoms with Crippen LogP contribution in [0.5, 0.6) is 0 Å². The van der Waals surface area contributed by atoms with Gasteiger partial charge in [0.15, 0.2) is 0 Å². The number of rotatable bonds is 4. The fraction of sp³-hybridized carbons (Fsp3) is 0.182. The summed E-state index contributed by atoms with van der Waals surface area (Å²) in [6.07, 6.45) is 0. The molecular formula is C11H12ClN5S. The summed E-state index contributed by atoms with van der Waals surface area (Å²) in [4.78, 5) is 4.20. The molecule has 0 bridgehead atoms. The van der Waals surface area contributed by atoms with Crippen LogP contribution in [0.3, 0.4) is 0 Å². The van der Waals surface area contributed by atoms with Crippen molar-refractivity contribution in [3.05, 3.63) is 40.2 Å². The smallest absolute Gasteiger partial charge is 0.208 e. The van der Waals surface area contributed by atoms with E-state index in [-0.39, 0.29) is 5.84 Å². The number of aromatic amines is 1. The van der Waals surface area contributed by atoms with Crippen LogP contribution < -0.4 is 5.73 Å². The minimum atomic E-state index is 0.0145. The first kappa shape index (κ1) is 12.9. The highest BCUT2D eigenvalue weighted by molar-refractivity contribution is 7.98. The van der Waals surface area contributed by atoms with Crippen molar-refractivity contribution >= 4 is 29.2 Å². The van der Waals surface area contributed by atoms with Gasteiger partial charge in [-0.3, -0.25) is 10.5 Å². The molecule has 1 aromatic heterocycles. The van der Waals surface area contributed by atoms with Gasteiger partial charge in [0.05, 0.1) is 0 Å². The summed E-state index contributed by atoms with van der Waals surface area (Å²) in [6.45, 7) is 1.85. The Balaban J connectivity index is 2.08. The summed E-state index contributed by atoms with van der Waals surface area (Å²) in [5.41, 5.74) is 6.99. The Morgan fingerprint density at radius 1 is 1.56 bits per heavy atom. The fourth-order valence-electron chi connectivity index (χ4n) is 1.36. The van der Waals surface area contributed by atoms with Gasteiger partial charge < -0.3 is 5.73 Å². The Kier molecular flexibility index (Phi) is 3.88. The van der Waals surface area contributed by atoms with Gasteiger partial charge in [0.2, 0.25) is 5.16 Å². The van der Waals surface area contributed by atoms with Crippen molar-refractivity contribution < 1.29 is 0 Å². The van der Waals surface area contributed by atoms with Crippen LogP contribution in [0.1, 0.15) is 17.0 Å². The molecule has 0 fully saturated rings. The number of nitrogen functional groups attached to an aromatic ring is 1. The average molecular weight is 282 g/mol. The summed E-state index contributed by atoms with van der Waals surface area (Å²) >= 11 is 7.63. The molecule has 0 unspecified atom stereocenters. The molecule has 94 valence electrons. The van der Waals surface area contributed by atoms with E-state index in [1.54, 1.807) is 12.1 Å². The first-order valence-corrected chi connectivity index (χ1v) is 6.57. The van der Waals surface area contributed by atoms with E-state index in [4.69, 9.17) is 22.7 Å². The van der Waals surface area contributed by atoms with Gasteiger partial charge in [0, 0.05) is 16.3 Å². The van der Waals surface area contributed by atoms with Crippen molar-refractivity contribution in [1.29, 1.82) is 5.41 Å². The van der Waals surface area contributed by atoms with Gasteiger partial charge in [-0.25, -0.2) is 4.98 Å². The molecular weight excluding hydrogens is 270 g/mol. The zero-order chi connectivity index (χ0) is 13.1. The van der Waals surface area contributed by atoms with E-state index in [0.29, 0.717) is 21.5 Å². The van der Waals surface area contributed by atoms with Crippen LogP contribution in [0.2, 0.25) is 5.02 Å². The van der Waals surface area contributed by atoms with Crippen LogP contribution in [0.4, 0.5) is 0 Å².